The van der Waals surface area contributed by atoms with Crippen molar-refractivity contribution in [3.8, 4) is 5.75 Å². The van der Waals surface area contributed by atoms with Crippen molar-refractivity contribution < 1.29 is 4.74 Å². The van der Waals surface area contributed by atoms with E-state index in [1.54, 1.807) is 7.11 Å². The Kier molecular flexibility index (Phi) is 4.60. The Morgan fingerprint density at radius 1 is 1.24 bits per heavy atom. The van der Waals surface area contributed by atoms with Crippen LogP contribution in [0.15, 0.2) is 18.2 Å². The number of benzene rings is 1. The van der Waals surface area contributed by atoms with Crippen molar-refractivity contribution >= 4 is 11.6 Å². The molecule has 0 aromatic heterocycles. The lowest BCUT2D eigenvalue weighted by Gasteiger charge is -2.23. The lowest BCUT2D eigenvalue weighted by molar-refractivity contribution is 0.370. The van der Waals surface area contributed by atoms with Gasteiger partial charge in [0.2, 0.25) is 0 Å². The van der Waals surface area contributed by atoms with Crippen LogP contribution >= 0.6 is 11.6 Å². The van der Waals surface area contributed by atoms with Crippen molar-refractivity contribution in [2.45, 2.75) is 47.1 Å². The fourth-order valence-corrected chi connectivity index (χ4v) is 3.92. The van der Waals surface area contributed by atoms with Gasteiger partial charge < -0.3 is 10.1 Å². The van der Waals surface area contributed by atoms with Gasteiger partial charge in [0.05, 0.1) is 7.11 Å². The standard InChI is InChI=1S/C18H28ClNO/c1-7-10-20-15(16-17(2,3)18(16,4)5)13-11-12(19)8-9-14(13)21-6/h8-9,11,15-16,20H,7,10H2,1-6H3. The minimum absolute atomic E-state index is 0.281. The Labute approximate surface area is 134 Å². The molecule has 2 nitrogen and oxygen atoms in total. The van der Waals surface area contributed by atoms with Crippen molar-refractivity contribution in [3.05, 3.63) is 28.8 Å². The van der Waals surface area contributed by atoms with E-state index in [4.69, 9.17) is 16.3 Å². The van der Waals surface area contributed by atoms with Crippen LogP contribution in [0, 0.1) is 16.7 Å². The molecular formula is C18H28ClNO. The topological polar surface area (TPSA) is 21.3 Å². The number of hydrogen-bond donors (Lipinski definition) is 1. The maximum atomic E-state index is 6.24. The van der Waals surface area contributed by atoms with Crippen LogP contribution in [-0.4, -0.2) is 13.7 Å². The highest BCUT2D eigenvalue weighted by Crippen LogP contribution is 2.72. The third-order valence-electron chi connectivity index (χ3n) is 5.61. The number of hydrogen-bond acceptors (Lipinski definition) is 2. The van der Waals surface area contributed by atoms with E-state index in [-0.39, 0.29) is 6.04 Å². The number of rotatable bonds is 6. The summed E-state index contributed by atoms with van der Waals surface area (Å²) in [5, 5.41) is 4.49. The molecule has 0 bridgehead atoms. The van der Waals surface area contributed by atoms with Gasteiger partial charge in [0.15, 0.2) is 0 Å². The SMILES string of the molecule is CCCNC(c1cc(Cl)ccc1OC)C1C(C)(C)C1(C)C. The molecule has 1 atom stereocenters. The maximum absolute atomic E-state index is 6.24. The predicted octanol–water partition coefficient (Wildman–Crippen LogP) is 5.07. The maximum Gasteiger partial charge on any atom is 0.123 e. The lowest BCUT2D eigenvalue weighted by Crippen LogP contribution is -2.26. The van der Waals surface area contributed by atoms with Crippen LogP contribution in [0.2, 0.25) is 5.02 Å². The molecule has 1 aliphatic rings. The van der Waals surface area contributed by atoms with E-state index in [1.165, 1.54) is 5.56 Å². The molecule has 0 heterocycles. The van der Waals surface area contributed by atoms with Crippen molar-refractivity contribution in [2.24, 2.45) is 16.7 Å². The highest BCUT2D eigenvalue weighted by Gasteiger charge is 2.67. The Bertz CT molecular complexity index is 496. The van der Waals surface area contributed by atoms with Crippen molar-refractivity contribution in [1.29, 1.82) is 0 Å². The molecular weight excluding hydrogens is 282 g/mol. The zero-order valence-corrected chi connectivity index (χ0v) is 14.8. The summed E-state index contributed by atoms with van der Waals surface area (Å²) in [7, 11) is 1.73. The first-order chi connectivity index (χ1) is 9.77. The van der Waals surface area contributed by atoms with Crippen LogP contribution in [0.4, 0.5) is 0 Å². The van der Waals surface area contributed by atoms with E-state index < -0.39 is 0 Å². The second-order valence-electron chi connectivity index (χ2n) is 7.24. The fourth-order valence-electron chi connectivity index (χ4n) is 3.74. The Morgan fingerprint density at radius 2 is 1.86 bits per heavy atom. The van der Waals surface area contributed by atoms with Crippen LogP contribution in [0.5, 0.6) is 5.75 Å². The summed E-state index contributed by atoms with van der Waals surface area (Å²) in [4.78, 5) is 0. The molecule has 1 unspecified atom stereocenters. The molecule has 1 saturated carbocycles. The second kappa shape index (κ2) is 5.81. The quantitative estimate of drug-likeness (QED) is 0.792. The first-order valence-electron chi connectivity index (χ1n) is 7.84. The first kappa shape index (κ1) is 16.6. The smallest absolute Gasteiger partial charge is 0.123 e. The average molecular weight is 310 g/mol. The zero-order valence-electron chi connectivity index (χ0n) is 14.1. The molecule has 0 spiro atoms. The van der Waals surface area contributed by atoms with Gasteiger partial charge in [-0.3, -0.25) is 0 Å². The molecule has 3 heteroatoms. The third-order valence-corrected chi connectivity index (χ3v) is 5.84. The molecule has 0 amide bonds. The summed E-state index contributed by atoms with van der Waals surface area (Å²) < 4.78 is 5.58. The lowest BCUT2D eigenvalue weighted by atomic mass is 9.95. The summed E-state index contributed by atoms with van der Waals surface area (Å²) in [6, 6.07) is 6.20. The predicted molar refractivity (Wildman–Crippen MR) is 90.1 cm³/mol. The van der Waals surface area contributed by atoms with E-state index in [0.717, 1.165) is 23.7 Å². The molecule has 1 fully saturated rings. The van der Waals surface area contributed by atoms with Gasteiger partial charge in [-0.25, -0.2) is 0 Å². The van der Waals surface area contributed by atoms with E-state index in [9.17, 15) is 0 Å². The summed E-state index contributed by atoms with van der Waals surface area (Å²) in [6.45, 7) is 12.6. The van der Waals surface area contributed by atoms with E-state index in [0.29, 0.717) is 16.7 Å². The van der Waals surface area contributed by atoms with Crippen molar-refractivity contribution in [2.75, 3.05) is 13.7 Å². The second-order valence-corrected chi connectivity index (χ2v) is 7.68. The first-order valence-corrected chi connectivity index (χ1v) is 8.22. The summed E-state index contributed by atoms with van der Waals surface area (Å²) in [6.07, 6.45) is 1.12. The number of nitrogens with one attached hydrogen (secondary N) is 1. The molecule has 0 radical (unpaired) electrons. The fraction of sp³-hybridized carbons (Fsp3) is 0.667. The highest BCUT2D eigenvalue weighted by molar-refractivity contribution is 6.30. The van der Waals surface area contributed by atoms with Gasteiger partial charge in [0.1, 0.15) is 5.75 Å². The van der Waals surface area contributed by atoms with Gasteiger partial charge in [-0.05, 0) is 47.9 Å². The largest absolute Gasteiger partial charge is 0.496 e. The molecule has 2 rings (SSSR count). The van der Waals surface area contributed by atoms with Gasteiger partial charge in [0.25, 0.3) is 0 Å². The van der Waals surface area contributed by atoms with Crippen molar-refractivity contribution in [3.63, 3.8) is 0 Å². The van der Waals surface area contributed by atoms with Gasteiger partial charge in [-0.15, -0.1) is 0 Å². The monoisotopic (exact) mass is 309 g/mol. The average Bonchev–Trinajstić information content (AvgIpc) is 2.82. The summed E-state index contributed by atoms with van der Waals surface area (Å²) in [5.74, 6) is 1.50. The zero-order chi connectivity index (χ0) is 15.8. The van der Waals surface area contributed by atoms with Gasteiger partial charge in [-0.2, -0.15) is 0 Å². The van der Waals surface area contributed by atoms with Crippen LogP contribution in [0.25, 0.3) is 0 Å². The number of ether oxygens (including phenoxy) is 1. The highest BCUT2D eigenvalue weighted by atomic mass is 35.5. The Morgan fingerprint density at radius 3 is 2.33 bits per heavy atom. The van der Waals surface area contributed by atoms with Gasteiger partial charge in [0, 0.05) is 16.6 Å². The molecule has 118 valence electrons. The summed E-state index contributed by atoms with van der Waals surface area (Å²) in [5.41, 5.74) is 1.80. The molecule has 0 saturated heterocycles. The van der Waals surface area contributed by atoms with Crippen LogP contribution in [-0.2, 0) is 0 Å². The van der Waals surface area contributed by atoms with Crippen LogP contribution in [0.1, 0.15) is 52.6 Å². The minimum Gasteiger partial charge on any atom is -0.496 e. The normalized spacial score (nSPS) is 21.1. The van der Waals surface area contributed by atoms with E-state index in [2.05, 4.69) is 46.0 Å². The molecule has 21 heavy (non-hydrogen) atoms. The molecule has 1 aromatic carbocycles. The molecule has 1 aliphatic carbocycles. The van der Waals surface area contributed by atoms with Crippen LogP contribution in [0.3, 0.4) is 0 Å². The third kappa shape index (κ3) is 2.80. The summed E-state index contributed by atoms with van der Waals surface area (Å²) >= 11 is 6.24. The van der Waals surface area contributed by atoms with Gasteiger partial charge in [-0.1, -0.05) is 46.2 Å². The number of methoxy groups -OCH3 is 1. The van der Waals surface area contributed by atoms with E-state index in [1.807, 2.05) is 12.1 Å². The minimum atomic E-state index is 0.281. The molecule has 1 N–H and O–H groups in total. The Hall–Kier alpha value is -0.730. The molecule has 0 aliphatic heterocycles. The number of halogens is 1. The van der Waals surface area contributed by atoms with Crippen molar-refractivity contribution in [1.82, 2.24) is 5.32 Å². The molecule has 1 aromatic rings. The van der Waals surface area contributed by atoms with E-state index >= 15 is 0 Å². The Balaban J connectivity index is 2.40. The van der Waals surface area contributed by atoms with Crippen LogP contribution < -0.4 is 10.1 Å². The van der Waals surface area contributed by atoms with Gasteiger partial charge >= 0.3 is 0 Å².